The second kappa shape index (κ2) is 6.79. The molecule has 2 atom stereocenters. The van der Waals surface area contributed by atoms with Crippen LogP contribution in [0, 0.1) is 11.3 Å². The lowest BCUT2D eigenvalue weighted by Gasteiger charge is -2.48. The summed E-state index contributed by atoms with van der Waals surface area (Å²) in [7, 11) is 0. The molecule has 4 nitrogen and oxygen atoms in total. The molecular weight excluding hydrogens is 240 g/mol. The minimum atomic E-state index is -0.310. The van der Waals surface area contributed by atoms with Gasteiger partial charge in [-0.05, 0) is 37.0 Å². The Labute approximate surface area is 115 Å². The third kappa shape index (κ3) is 3.62. The van der Waals surface area contributed by atoms with E-state index < -0.39 is 0 Å². The van der Waals surface area contributed by atoms with E-state index in [9.17, 15) is 9.59 Å². The van der Waals surface area contributed by atoms with Gasteiger partial charge in [-0.25, -0.2) is 14.6 Å². The normalized spacial score (nSPS) is 29.1. The van der Waals surface area contributed by atoms with Crippen LogP contribution in [0.1, 0.15) is 59.3 Å². The fourth-order valence-corrected chi connectivity index (χ4v) is 3.68. The minimum absolute atomic E-state index is 0.206. The molecule has 0 bridgehead atoms. The van der Waals surface area contributed by atoms with Crippen molar-refractivity contribution in [1.29, 1.82) is 0 Å². The summed E-state index contributed by atoms with van der Waals surface area (Å²) in [5.74, 6) is 0.312. The Kier molecular flexibility index (Phi) is 5.65. The second-order valence-corrected chi connectivity index (χ2v) is 5.87. The molecule has 0 spiro atoms. The number of carbonyl (C=O) groups excluding carboxylic acids is 2. The fraction of sp³-hybridized carbons (Fsp3) is 0.867. The second-order valence-electron chi connectivity index (χ2n) is 5.87. The van der Waals surface area contributed by atoms with E-state index in [4.69, 9.17) is 0 Å². The van der Waals surface area contributed by atoms with Crippen LogP contribution in [-0.2, 0) is 9.59 Å². The highest BCUT2D eigenvalue weighted by Crippen LogP contribution is 2.51. The highest BCUT2D eigenvalue weighted by molar-refractivity contribution is 5.35. The molecule has 1 rings (SSSR count). The molecule has 0 aromatic carbocycles. The van der Waals surface area contributed by atoms with Crippen LogP contribution in [0.4, 0.5) is 0 Å². The quantitative estimate of drug-likeness (QED) is 0.545. The van der Waals surface area contributed by atoms with Gasteiger partial charge in [0.15, 0.2) is 0 Å². The standard InChI is InChI=1S/C15H24N2O2/c1-4-14(5-2)7-13(9-16-11-18)8-15(6-3,10-14)17-12-19/h13H,4-10H2,1-3H3. The zero-order chi connectivity index (χ0) is 14.4. The van der Waals surface area contributed by atoms with E-state index in [-0.39, 0.29) is 11.0 Å². The zero-order valence-corrected chi connectivity index (χ0v) is 12.2. The molecule has 19 heavy (non-hydrogen) atoms. The Morgan fingerprint density at radius 3 is 2.21 bits per heavy atom. The van der Waals surface area contributed by atoms with Gasteiger partial charge in [0, 0.05) is 0 Å². The molecule has 1 aliphatic rings. The van der Waals surface area contributed by atoms with Crippen LogP contribution in [-0.4, -0.2) is 24.2 Å². The molecule has 0 aliphatic heterocycles. The van der Waals surface area contributed by atoms with E-state index in [0.29, 0.717) is 12.5 Å². The maximum atomic E-state index is 10.8. The van der Waals surface area contributed by atoms with Crippen LogP contribution < -0.4 is 0 Å². The van der Waals surface area contributed by atoms with Crippen molar-refractivity contribution in [3.8, 4) is 0 Å². The van der Waals surface area contributed by atoms with Gasteiger partial charge in [-0.15, -0.1) is 0 Å². The third-order valence-electron chi connectivity index (χ3n) is 4.95. The smallest absolute Gasteiger partial charge is 0.211 e. The van der Waals surface area contributed by atoms with Gasteiger partial charge in [-0.2, -0.15) is 4.99 Å². The number of hydrogen-bond acceptors (Lipinski definition) is 4. The molecular formula is C15H24N2O2. The molecule has 0 N–H and O–H groups in total. The van der Waals surface area contributed by atoms with Crippen molar-refractivity contribution >= 4 is 12.2 Å². The van der Waals surface area contributed by atoms with Crippen molar-refractivity contribution in [1.82, 2.24) is 0 Å². The van der Waals surface area contributed by atoms with Gasteiger partial charge >= 0.3 is 0 Å². The molecule has 0 amide bonds. The molecule has 0 saturated heterocycles. The summed E-state index contributed by atoms with van der Waals surface area (Å²) in [4.78, 5) is 29.0. The average Bonchev–Trinajstić information content (AvgIpc) is 2.45. The summed E-state index contributed by atoms with van der Waals surface area (Å²) in [5, 5.41) is 0. The van der Waals surface area contributed by atoms with Gasteiger partial charge in [-0.1, -0.05) is 33.6 Å². The monoisotopic (exact) mass is 264 g/mol. The number of rotatable bonds is 6. The Hall–Kier alpha value is -1.24. The van der Waals surface area contributed by atoms with E-state index in [1.807, 2.05) is 0 Å². The van der Waals surface area contributed by atoms with Crippen molar-refractivity contribution in [2.75, 3.05) is 6.54 Å². The summed E-state index contributed by atoms with van der Waals surface area (Å²) in [6.07, 6.45) is 9.19. The largest absolute Gasteiger partial charge is 0.235 e. The number of nitrogens with zero attached hydrogens (tertiary/aromatic N) is 2. The summed E-state index contributed by atoms with van der Waals surface area (Å²) >= 11 is 0. The highest BCUT2D eigenvalue weighted by Gasteiger charge is 2.46. The van der Waals surface area contributed by atoms with Gasteiger partial charge in [0.05, 0.1) is 12.1 Å². The van der Waals surface area contributed by atoms with Crippen LogP contribution >= 0.6 is 0 Å². The maximum absolute atomic E-state index is 10.8. The Balaban J connectivity index is 3.06. The van der Waals surface area contributed by atoms with Crippen molar-refractivity contribution in [3.63, 3.8) is 0 Å². The number of isocyanates is 2. The lowest BCUT2D eigenvalue weighted by Crippen LogP contribution is -2.44. The third-order valence-corrected chi connectivity index (χ3v) is 4.95. The first-order valence-corrected chi connectivity index (χ1v) is 7.22. The molecule has 2 unspecified atom stereocenters. The first-order chi connectivity index (χ1) is 9.09. The predicted octanol–water partition coefficient (Wildman–Crippen LogP) is 3.41. The van der Waals surface area contributed by atoms with Crippen molar-refractivity contribution < 1.29 is 9.59 Å². The molecule has 106 valence electrons. The molecule has 1 fully saturated rings. The maximum Gasteiger partial charge on any atom is 0.235 e. The lowest BCUT2D eigenvalue weighted by atomic mass is 9.59. The Bertz CT molecular complexity index is 391. The van der Waals surface area contributed by atoms with Crippen molar-refractivity contribution in [2.24, 2.45) is 21.3 Å². The molecule has 0 radical (unpaired) electrons. The summed E-state index contributed by atoms with van der Waals surface area (Å²) in [5.41, 5.74) is -0.104. The van der Waals surface area contributed by atoms with Crippen molar-refractivity contribution in [2.45, 2.75) is 64.8 Å². The first-order valence-electron chi connectivity index (χ1n) is 7.22. The first kappa shape index (κ1) is 15.8. The average molecular weight is 264 g/mol. The van der Waals surface area contributed by atoms with Gasteiger partial charge < -0.3 is 0 Å². The van der Waals surface area contributed by atoms with Gasteiger partial charge in [-0.3, -0.25) is 0 Å². The molecule has 4 heteroatoms. The van der Waals surface area contributed by atoms with Crippen LogP contribution in [0.3, 0.4) is 0 Å². The summed E-state index contributed by atoms with van der Waals surface area (Å²) < 4.78 is 0. The van der Waals surface area contributed by atoms with E-state index in [2.05, 4.69) is 30.8 Å². The van der Waals surface area contributed by atoms with Crippen LogP contribution in [0.15, 0.2) is 9.98 Å². The van der Waals surface area contributed by atoms with Crippen LogP contribution in [0.25, 0.3) is 0 Å². The van der Waals surface area contributed by atoms with E-state index in [0.717, 1.165) is 38.5 Å². The van der Waals surface area contributed by atoms with E-state index in [1.54, 1.807) is 12.2 Å². The minimum Gasteiger partial charge on any atom is -0.211 e. The van der Waals surface area contributed by atoms with E-state index >= 15 is 0 Å². The zero-order valence-electron chi connectivity index (χ0n) is 12.2. The van der Waals surface area contributed by atoms with Crippen molar-refractivity contribution in [3.05, 3.63) is 0 Å². The van der Waals surface area contributed by atoms with Crippen LogP contribution in [0.2, 0.25) is 0 Å². The van der Waals surface area contributed by atoms with Gasteiger partial charge in [0.25, 0.3) is 0 Å². The van der Waals surface area contributed by atoms with Gasteiger partial charge in [0.1, 0.15) is 0 Å². The molecule has 0 aromatic rings. The molecule has 1 aliphatic carbocycles. The van der Waals surface area contributed by atoms with Crippen LogP contribution in [0.5, 0.6) is 0 Å². The van der Waals surface area contributed by atoms with E-state index in [1.165, 1.54) is 0 Å². The Morgan fingerprint density at radius 2 is 1.74 bits per heavy atom. The molecule has 0 heterocycles. The molecule has 1 saturated carbocycles. The Morgan fingerprint density at radius 1 is 1.05 bits per heavy atom. The topological polar surface area (TPSA) is 58.9 Å². The van der Waals surface area contributed by atoms with Gasteiger partial charge in [0.2, 0.25) is 12.2 Å². The predicted molar refractivity (Wildman–Crippen MR) is 74.5 cm³/mol. The fourth-order valence-electron chi connectivity index (χ4n) is 3.68. The lowest BCUT2D eigenvalue weighted by molar-refractivity contribution is 0.0638. The SMILES string of the molecule is CCC1(CC)CC(CN=C=O)CC(CC)(N=C=O)C1. The number of aliphatic imine (C=N–C) groups is 2. The number of hydrogen-bond donors (Lipinski definition) is 0. The summed E-state index contributed by atoms with van der Waals surface area (Å²) in [6, 6.07) is 0. The summed E-state index contributed by atoms with van der Waals surface area (Å²) in [6.45, 7) is 6.96. The highest BCUT2D eigenvalue weighted by atomic mass is 16.1. The molecule has 0 aromatic heterocycles.